The summed E-state index contributed by atoms with van der Waals surface area (Å²) < 4.78 is 2.23. The molecular weight excluding hydrogens is 210 g/mol. The predicted octanol–water partition coefficient (Wildman–Crippen LogP) is 2.38. The summed E-state index contributed by atoms with van der Waals surface area (Å²) >= 11 is 0. The number of aryl methyl sites for hydroxylation is 1. The van der Waals surface area contributed by atoms with E-state index in [0.717, 1.165) is 23.6 Å². The molecule has 3 nitrogen and oxygen atoms in total. The molecule has 1 aromatic rings. The fourth-order valence-electron chi connectivity index (χ4n) is 3.90. The molecule has 0 bridgehead atoms. The van der Waals surface area contributed by atoms with Gasteiger partial charge in [0.2, 0.25) is 0 Å². The minimum Gasteiger partial charge on any atom is -0.242 e. The van der Waals surface area contributed by atoms with Gasteiger partial charge in [0, 0.05) is 5.92 Å². The smallest absolute Gasteiger partial charge is 0.147 e. The van der Waals surface area contributed by atoms with E-state index in [1.54, 1.807) is 5.57 Å². The molecule has 0 spiro atoms. The third-order valence-electron chi connectivity index (χ3n) is 4.86. The van der Waals surface area contributed by atoms with Gasteiger partial charge in [-0.25, -0.2) is 9.67 Å². The van der Waals surface area contributed by atoms with Crippen molar-refractivity contribution in [2.45, 2.75) is 31.7 Å². The number of hydrogen-bond donors (Lipinski definition) is 0. The van der Waals surface area contributed by atoms with Crippen LogP contribution in [0.1, 0.15) is 36.5 Å². The van der Waals surface area contributed by atoms with Crippen LogP contribution in [0.15, 0.2) is 23.8 Å². The quantitative estimate of drug-likeness (QED) is 0.734. The first-order valence-corrected chi connectivity index (χ1v) is 6.64. The molecule has 2 heterocycles. The van der Waals surface area contributed by atoms with Crippen LogP contribution in [0.2, 0.25) is 0 Å². The van der Waals surface area contributed by atoms with Gasteiger partial charge in [0.15, 0.2) is 0 Å². The van der Waals surface area contributed by atoms with Crippen molar-refractivity contribution in [3.8, 4) is 0 Å². The standard InChI is InChI=1S/C14H15N3/c1-7-15-14-12-6-11(12)13(17(14)16-7)9-4-2-3-8-5-10(8)9/h2-4,8,10-13H,5-6H2,1H3. The monoisotopic (exact) mass is 225 g/mol. The molecule has 3 heteroatoms. The van der Waals surface area contributed by atoms with Gasteiger partial charge in [-0.1, -0.05) is 18.2 Å². The Hall–Kier alpha value is -1.38. The van der Waals surface area contributed by atoms with E-state index in [9.17, 15) is 0 Å². The van der Waals surface area contributed by atoms with Crippen LogP contribution < -0.4 is 0 Å². The maximum atomic E-state index is 4.62. The van der Waals surface area contributed by atoms with Crippen LogP contribution in [0.4, 0.5) is 0 Å². The minimum absolute atomic E-state index is 0.538. The van der Waals surface area contributed by atoms with E-state index in [-0.39, 0.29) is 0 Å². The largest absolute Gasteiger partial charge is 0.242 e. The van der Waals surface area contributed by atoms with E-state index < -0.39 is 0 Å². The number of rotatable bonds is 1. The number of nitrogens with zero attached hydrogens (tertiary/aromatic N) is 3. The van der Waals surface area contributed by atoms with Gasteiger partial charge >= 0.3 is 0 Å². The molecule has 2 saturated carbocycles. The fraction of sp³-hybridized carbons (Fsp3) is 0.571. The van der Waals surface area contributed by atoms with Gasteiger partial charge in [-0.3, -0.25) is 0 Å². The van der Waals surface area contributed by atoms with Crippen molar-refractivity contribution in [2.75, 3.05) is 0 Å². The number of allylic oxidation sites excluding steroid dienone is 4. The lowest BCUT2D eigenvalue weighted by Crippen LogP contribution is -2.15. The molecule has 5 rings (SSSR count). The van der Waals surface area contributed by atoms with Crippen molar-refractivity contribution in [2.24, 2.45) is 17.8 Å². The molecule has 0 amide bonds. The number of fused-ring (bicyclic) bond motifs is 4. The fourth-order valence-corrected chi connectivity index (χ4v) is 3.90. The van der Waals surface area contributed by atoms with Gasteiger partial charge < -0.3 is 0 Å². The second-order valence-corrected chi connectivity index (χ2v) is 5.97. The summed E-state index contributed by atoms with van der Waals surface area (Å²) in [5.41, 5.74) is 1.63. The molecule has 0 radical (unpaired) electrons. The van der Waals surface area contributed by atoms with Crippen molar-refractivity contribution >= 4 is 0 Å². The Morgan fingerprint density at radius 1 is 1.29 bits per heavy atom. The highest BCUT2D eigenvalue weighted by atomic mass is 15.4. The average molecular weight is 225 g/mol. The van der Waals surface area contributed by atoms with Gasteiger partial charge in [-0.2, -0.15) is 5.10 Å². The molecule has 2 fully saturated rings. The Kier molecular flexibility index (Phi) is 1.30. The molecule has 0 saturated heterocycles. The first-order chi connectivity index (χ1) is 8.33. The second kappa shape index (κ2) is 2.55. The second-order valence-electron chi connectivity index (χ2n) is 5.97. The highest BCUT2D eigenvalue weighted by Gasteiger charge is 2.58. The Morgan fingerprint density at radius 2 is 2.24 bits per heavy atom. The SMILES string of the molecule is Cc1nc2n(n1)C(C1=CC=CC3CC13)C1CC21. The van der Waals surface area contributed by atoms with Crippen molar-refractivity contribution < 1.29 is 0 Å². The summed E-state index contributed by atoms with van der Waals surface area (Å²) in [4.78, 5) is 4.60. The predicted molar refractivity (Wildman–Crippen MR) is 63.5 cm³/mol. The van der Waals surface area contributed by atoms with Crippen LogP contribution in [0.25, 0.3) is 0 Å². The summed E-state index contributed by atoms with van der Waals surface area (Å²) in [7, 11) is 0. The van der Waals surface area contributed by atoms with Crippen molar-refractivity contribution in [1.82, 2.24) is 14.8 Å². The third-order valence-corrected chi connectivity index (χ3v) is 4.86. The summed E-state index contributed by atoms with van der Waals surface area (Å²) in [6.07, 6.45) is 9.66. The van der Waals surface area contributed by atoms with Crippen LogP contribution in [-0.2, 0) is 0 Å². The Balaban J connectivity index is 1.64. The maximum Gasteiger partial charge on any atom is 0.147 e. The van der Waals surface area contributed by atoms with Crippen LogP contribution in [0.5, 0.6) is 0 Å². The van der Waals surface area contributed by atoms with Crippen LogP contribution in [0, 0.1) is 24.7 Å². The normalized spacial score (nSPS) is 43.8. The molecule has 17 heavy (non-hydrogen) atoms. The van der Waals surface area contributed by atoms with Gasteiger partial charge in [0.1, 0.15) is 11.6 Å². The Bertz CT molecular complexity index is 580. The molecule has 4 aliphatic rings. The van der Waals surface area contributed by atoms with E-state index in [0.29, 0.717) is 12.0 Å². The molecular formula is C14H15N3. The Labute approximate surface area is 100 Å². The zero-order valence-electron chi connectivity index (χ0n) is 9.87. The van der Waals surface area contributed by atoms with Crippen molar-refractivity contribution in [3.05, 3.63) is 35.4 Å². The van der Waals surface area contributed by atoms with E-state index in [1.807, 2.05) is 6.92 Å². The molecule has 86 valence electrons. The lowest BCUT2D eigenvalue weighted by molar-refractivity contribution is 0.467. The van der Waals surface area contributed by atoms with E-state index in [2.05, 4.69) is 33.0 Å². The van der Waals surface area contributed by atoms with E-state index >= 15 is 0 Å². The lowest BCUT2D eigenvalue weighted by atomic mass is 9.94. The zero-order chi connectivity index (χ0) is 11.1. The van der Waals surface area contributed by atoms with Gasteiger partial charge in [-0.15, -0.1) is 0 Å². The lowest BCUT2D eigenvalue weighted by Gasteiger charge is -2.19. The topological polar surface area (TPSA) is 30.7 Å². The summed E-state index contributed by atoms with van der Waals surface area (Å²) in [5.74, 6) is 5.37. The molecule has 5 unspecified atom stereocenters. The van der Waals surface area contributed by atoms with E-state index in [1.165, 1.54) is 18.7 Å². The average Bonchev–Trinajstić information content (AvgIpc) is 3.17. The summed E-state index contributed by atoms with van der Waals surface area (Å²) in [6, 6.07) is 0.538. The number of hydrogen-bond acceptors (Lipinski definition) is 2. The first kappa shape index (κ1) is 8.67. The van der Waals surface area contributed by atoms with Crippen molar-refractivity contribution in [1.29, 1.82) is 0 Å². The summed E-state index contributed by atoms with van der Waals surface area (Å²) in [6.45, 7) is 2.01. The van der Waals surface area contributed by atoms with Gasteiger partial charge in [0.25, 0.3) is 0 Å². The number of aromatic nitrogens is 3. The van der Waals surface area contributed by atoms with E-state index in [4.69, 9.17) is 0 Å². The zero-order valence-corrected chi connectivity index (χ0v) is 9.87. The molecule has 5 atom stereocenters. The van der Waals surface area contributed by atoms with Gasteiger partial charge in [-0.05, 0) is 43.1 Å². The maximum absolute atomic E-state index is 4.62. The minimum atomic E-state index is 0.538. The van der Waals surface area contributed by atoms with Crippen molar-refractivity contribution in [3.63, 3.8) is 0 Å². The molecule has 1 aliphatic heterocycles. The van der Waals surface area contributed by atoms with Crippen LogP contribution >= 0.6 is 0 Å². The van der Waals surface area contributed by atoms with Gasteiger partial charge in [0.05, 0.1) is 6.04 Å². The highest BCUT2D eigenvalue weighted by molar-refractivity contribution is 5.38. The first-order valence-electron chi connectivity index (χ1n) is 6.64. The van der Waals surface area contributed by atoms with Crippen LogP contribution in [-0.4, -0.2) is 14.8 Å². The summed E-state index contributed by atoms with van der Waals surface area (Å²) in [5, 5.41) is 4.62. The highest BCUT2D eigenvalue weighted by Crippen LogP contribution is 2.64. The third kappa shape index (κ3) is 0.985. The molecule has 0 aromatic carbocycles. The molecule has 0 N–H and O–H groups in total. The molecule has 3 aliphatic carbocycles. The molecule has 1 aromatic heterocycles. The van der Waals surface area contributed by atoms with Crippen LogP contribution in [0.3, 0.4) is 0 Å². The Morgan fingerprint density at radius 3 is 3.18 bits per heavy atom.